The van der Waals surface area contributed by atoms with Crippen LogP contribution in [-0.2, 0) is 22.6 Å². The molecule has 0 aliphatic heterocycles. The van der Waals surface area contributed by atoms with Crippen LogP contribution in [0.2, 0.25) is 0 Å². The number of nitrogens with one attached hydrogen (secondary N) is 1. The highest BCUT2D eigenvalue weighted by Gasteiger charge is 2.16. The molecule has 0 bridgehead atoms. The second kappa shape index (κ2) is 15.4. The van der Waals surface area contributed by atoms with Crippen molar-refractivity contribution < 1.29 is 19.8 Å². The number of hydrogen-bond acceptors (Lipinski definition) is 10. The van der Waals surface area contributed by atoms with E-state index in [1.54, 1.807) is 26.0 Å². The van der Waals surface area contributed by atoms with Crippen LogP contribution < -0.4 is 16.8 Å². The van der Waals surface area contributed by atoms with Gasteiger partial charge in [-0.1, -0.05) is 33.7 Å². The van der Waals surface area contributed by atoms with Crippen LogP contribution >= 0.6 is 21.6 Å². The maximum Gasteiger partial charge on any atom is 0.228 e. The molecule has 0 saturated heterocycles. The second-order valence-corrected chi connectivity index (χ2v) is 10.9. The third-order valence-electron chi connectivity index (χ3n) is 5.62. The third kappa shape index (κ3) is 9.35. The van der Waals surface area contributed by atoms with Crippen molar-refractivity contribution in [2.45, 2.75) is 53.5 Å². The molecule has 0 radical (unpaired) electrons. The molecule has 38 heavy (non-hydrogen) atoms. The molecule has 2 heterocycles. The van der Waals surface area contributed by atoms with Crippen LogP contribution in [-0.4, -0.2) is 50.6 Å². The Morgan fingerprint density at radius 2 is 1.47 bits per heavy atom. The number of aliphatic hydroxyl groups is 2. The molecule has 0 atom stereocenters. The molecule has 0 aliphatic carbocycles. The van der Waals surface area contributed by atoms with Gasteiger partial charge >= 0.3 is 0 Å². The minimum atomic E-state index is -0.250. The van der Waals surface area contributed by atoms with Crippen molar-refractivity contribution in [1.82, 2.24) is 20.2 Å². The summed E-state index contributed by atoms with van der Waals surface area (Å²) in [6.07, 6.45) is 1.44. The van der Waals surface area contributed by atoms with Crippen molar-refractivity contribution in [3.05, 3.63) is 68.0 Å². The molecular formula is C26H36N6O4S2. The zero-order valence-electron chi connectivity index (χ0n) is 22.2. The van der Waals surface area contributed by atoms with Gasteiger partial charge in [0.15, 0.2) is 0 Å². The number of amides is 2. The first-order valence-electron chi connectivity index (χ1n) is 12.0. The van der Waals surface area contributed by atoms with Gasteiger partial charge < -0.3 is 31.9 Å². The number of nitrogen functional groups attached to an aromatic ring is 2. The van der Waals surface area contributed by atoms with Crippen molar-refractivity contribution in [2.75, 3.05) is 24.7 Å². The Morgan fingerprint density at radius 1 is 0.947 bits per heavy atom. The Morgan fingerprint density at radius 3 is 2.00 bits per heavy atom. The quantitative estimate of drug-likeness (QED) is 0.171. The van der Waals surface area contributed by atoms with Gasteiger partial charge in [-0.25, -0.2) is 9.97 Å². The van der Waals surface area contributed by atoms with Crippen LogP contribution in [0.25, 0.3) is 0 Å². The Labute approximate surface area is 231 Å². The summed E-state index contributed by atoms with van der Waals surface area (Å²) in [6, 6.07) is 7.25. The molecule has 2 aromatic rings. The molecule has 206 valence electrons. The van der Waals surface area contributed by atoms with Crippen LogP contribution in [0.4, 0.5) is 11.6 Å². The average molecular weight is 561 g/mol. The lowest BCUT2D eigenvalue weighted by atomic mass is 10.1. The fourth-order valence-electron chi connectivity index (χ4n) is 3.45. The van der Waals surface area contributed by atoms with E-state index >= 15 is 0 Å². The number of hydrogen-bond donors (Lipinski definition) is 5. The summed E-state index contributed by atoms with van der Waals surface area (Å²) in [6.45, 7) is 7.25. The predicted octanol–water partition coefficient (Wildman–Crippen LogP) is 3.18. The fourth-order valence-corrected chi connectivity index (χ4v) is 6.25. The van der Waals surface area contributed by atoms with Crippen LogP contribution in [0.1, 0.15) is 49.2 Å². The zero-order chi connectivity index (χ0) is 28.2. The summed E-state index contributed by atoms with van der Waals surface area (Å²) in [7, 11) is 2.72. The highest BCUT2D eigenvalue weighted by atomic mass is 33.1. The summed E-state index contributed by atoms with van der Waals surface area (Å²) < 4.78 is 0. The number of allylic oxidation sites excluding steroid dienone is 2. The molecule has 0 aliphatic rings. The van der Waals surface area contributed by atoms with Gasteiger partial charge in [-0.05, 0) is 39.8 Å². The van der Waals surface area contributed by atoms with Gasteiger partial charge in [-0.15, -0.1) is 0 Å². The summed E-state index contributed by atoms with van der Waals surface area (Å²) in [5, 5.41) is 22.2. The topological polar surface area (TPSA) is 168 Å². The van der Waals surface area contributed by atoms with Gasteiger partial charge in [0.05, 0.1) is 13.0 Å². The fraction of sp³-hybridized carbons (Fsp3) is 0.385. The number of nitrogens with zero attached hydrogens (tertiary/aromatic N) is 3. The van der Waals surface area contributed by atoms with Gasteiger partial charge in [0.2, 0.25) is 12.3 Å². The van der Waals surface area contributed by atoms with E-state index in [1.165, 1.54) is 26.5 Å². The minimum absolute atomic E-state index is 0.0702. The Balaban J connectivity index is 2.19. The Hall–Kier alpha value is -3.06. The lowest BCUT2D eigenvalue weighted by Crippen LogP contribution is -2.24. The standard InChI is InChI=1S/C26H36N6O4S2/c1-16-5-7-20(25(27)29-16)13-24(36)31-18(3)22(9-11-33)37-38-23(10-12-34)19(4)32(15-35)14-21-8-6-17(2)30-26(21)28/h5-8,15,33-34H,9-14H2,1-4H3,(H2,27,29)(H2,28,30)(H,31,36). The van der Waals surface area contributed by atoms with Gasteiger partial charge in [0.1, 0.15) is 11.6 Å². The molecule has 0 unspecified atom stereocenters. The number of carbonyl (C=O) groups is 2. The van der Waals surface area contributed by atoms with Crippen molar-refractivity contribution in [1.29, 1.82) is 0 Å². The molecule has 7 N–H and O–H groups in total. The highest BCUT2D eigenvalue weighted by Crippen LogP contribution is 2.42. The molecule has 2 aromatic heterocycles. The van der Waals surface area contributed by atoms with Crippen molar-refractivity contribution in [2.24, 2.45) is 0 Å². The Bertz CT molecular complexity index is 1200. The van der Waals surface area contributed by atoms with Gasteiger partial charge in [-0.3, -0.25) is 9.59 Å². The third-order valence-corrected chi connectivity index (χ3v) is 8.57. The number of rotatable bonds is 14. The molecule has 0 saturated carbocycles. The van der Waals surface area contributed by atoms with E-state index < -0.39 is 0 Å². The maximum atomic E-state index is 12.7. The number of carbonyl (C=O) groups excluding carboxylic acids is 2. The molecular weight excluding hydrogens is 524 g/mol. The number of aryl methyl sites for hydroxylation is 2. The molecule has 2 amide bonds. The largest absolute Gasteiger partial charge is 0.396 e. The van der Waals surface area contributed by atoms with Crippen molar-refractivity contribution in [3.63, 3.8) is 0 Å². The molecule has 2 rings (SSSR count). The lowest BCUT2D eigenvalue weighted by molar-refractivity contribution is -0.119. The highest BCUT2D eigenvalue weighted by molar-refractivity contribution is 8.79. The first-order valence-corrected chi connectivity index (χ1v) is 14.2. The first-order chi connectivity index (χ1) is 18.1. The lowest BCUT2D eigenvalue weighted by Gasteiger charge is -2.22. The molecule has 0 spiro atoms. The normalized spacial score (nSPS) is 12.5. The van der Waals surface area contributed by atoms with Crippen molar-refractivity contribution >= 4 is 45.5 Å². The molecule has 12 heteroatoms. The molecule has 10 nitrogen and oxygen atoms in total. The maximum absolute atomic E-state index is 12.7. The van der Waals surface area contributed by atoms with Crippen LogP contribution in [0.3, 0.4) is 0 Å². The molecule has 0 fully saturated rings. The first kappa shape index (κ1) is 31.2. The number of anilines is 2. The van der Waals surface area contributed by atoms with E-state index in [4.69, 9.17) is 11.5 Å². The monoisotopic (exact) mass is 560 g/mol. The number of pyridine rings is 2. The SMILES string of the molecule is CC(NC(=O)Cc1ccc(C)nc1N)=C(CCO)SSC(CCO)=C(C)N(C=O)Cc1ccc(C)nc1N. The van der Waals surface area contributed by atoms with Crippen LogP contribution in [0.5, 0.6) is 0 Å². The smallest absolute Gasteiger partial charge is 0.228 e. The summed E-state index contributed by atoms with van der Waals surface area (Å²) in [4.78, 5) is 36.1. The van der Waals surface area contributed by atoms with E-state index in [9.17, 15) is 19.8 Å². The van der Waals surface area contributed by atoms with Gasteiger partial charge in [0, 0.05) is 69.8 Å². The number of aromatic nitrogens is 2. The Kier molecular flexibility index (Phi) is 12.6. The van der Waals surface area contributed by atoms with Gasteiger partial charge in [0.25, 0.3) is 0 Å². The van der Waals surface area contributed by atoms with E-state index in [0.29, 0.717) is 47.0 Å². The molecule has 0 aromatic carbocycles. The number of nitrogens with two attached hydrogens (primary N) is 2. The average Bonchev–Trinajstić information content (AvgIpc) is 2.86. The van der Waals surface area contributed by atoms with Gasteiger partial charge in [-0.2, -0.15) is 0 Å². The second-order valence-electron chi connectivity index (χ2n) is 8.62. The van der Waals surface area contributed by atoms with E-state index in [2.05, 4.69) is 15.3 Å². The summed E-state index contributed by atoms with van der Waals surface area (Å²) in [5.74, 6) is 0.428. The predicted molar refractivity (Wildman–Crippen MR) is 154 cm³/mol. The van der Waals surface area contributed by atoms with E-state index in [0.717, 1.165) is 27.6 Å². The minimum Gasteiger partial charge on any atom is -0.396 e. The van der Waals surface area contributed by atoms with Crippen molar-refractivity contribution in [3.8, 4) is 0 Å². The van der Waals surface area contributed by atoms with E-state index in [-0.39, 0.29) is 32.1 Å². The zero-order valence-corrected chi connectivity index (χ0v) is 23.8. The van der Waals surface area contributed by atoms with Crippen LogP contribution in [0, 0.1) is 13.8 Å². The summed E-state index contributed by atoms with van der Waals surface area (Å²) >= 11 is 0. The van der Waals surface area contributed by atoms with E-state index in [1.807, 2.05) is 26.0 Å². The number of aliphatic hydroxyl groups excluding tert-OH is 2. The summed E-state index contributed by atoms with van der Waals surface area (Å²) in [5.41, 5.74) is 16.1. The van der Waals surface area contributed by atoms with Crippen LogP contribution in [0.15, 0.2) is 45.5 Å².